The lowest BCUT2D eigenvalue weighted by Crippen LogP contribution is -2.25. The van der Waals surface area contributed by atoms with E-state index in [1.54, 1.807) is 31.2 Å². The Hall–Kier alpha value is -1.66. The average molecular weight is 269 g/mol. The zero-order chi connectivity index (χ0) is 13.8. The van der Waals surface area contributed by atoms with Crippen LogP contribution in [-0.2, 0) is 14.8 Å². The number of aliphatic carboxylic acids is 1. The SMILES string of the molecule is CC(NS(C)(=O)=O)c1cccc(/C=C/C(=O)O)c1. The molecule has 18 heavy (non-hydrogen) atoms. The van der Waals surface area contributed by atoms with Crippen molar-refractivity contribution in [2.75, 3.05) is 6.26 Å². The van der Waals surface area contributed by atoms with Gasteiger partial charge in [0.2, 0.25) is 10.0 Å². The summed E-state index contributed by atoms with van der Waals surface area (Å²) >= 11 is 0. The van der Waals surface area contributed by atoms with Crippen LogP contribution in [0.1, 0.15) is 24.1 Å². The molecular formula is C12H15NO4S. The molecule has 0 spiro atoms. The first kappa shape index (κ1) is 14.4. The molecule has 0 aliphatic heterocycles. The van der Waals surface area contributed by atoms with Gasteiger partial charge in [-0.25, -0.2) is 17.9 Å². The van der Waals surface area contributed by atoms with Crippen molar-refractivity contribution in [3.05, 3.63) is 41.5 Å². The van der Waals surface area contributed by atoms with E-state index in [-0.39, 0.29) is 6.04 Å². The number of rotatable bonds is 5. The third-order valence-electron chi connectivity index (χ3n) is 2.22. The van der Waals surface area contributed by atoms with Crippen molar-refractivity contribution in [2.45, 2.75) is 13.0 Å². The van der Waals surface area contributed by atoms with Crippen molar-refractivity contribution >= 4 is 22.1 Å². The number of carboxylic acid groups (broad SMARTS) is 1. The molecule has 0 aliphatic carbocycles. The minimum atomic E-state index is -3.27. The van der Waals surface area contributed by atoms with Crippen LogP contribution < -0.4 is 4.72 Å². The van der Waals surface area contributed by atoms with Gasteiger partial charge >= 0.3 is 5.97 Å². The van der Waals surface area contributed by atoms with E-state index < -0.39 is 16.0 Å². The van der Waals surface area contributed by atoms with E-state index >= 15 is 0 Å². The van der Waals surface area contributed by atoms with Crippen molar-refractivity contribution in [3.63, 3.8) is 0 Å². The number of benzene rings is 1. The van der Waals surface area contributed by atoms with Crippen molar-refractivity contribution < 1.29 is 18.3 Å². The molecule has 0 aromatic heterocycles. The normalized spacial score (nSPS) is 13.7. The zero-order valence-corrected chi connectivity index (χ0v) is 10.9. The van der Waals surface area contributed by atoms with Gasteiger partial charge in [-0.1, -0.05) is 24.3 Å². The van der Waals surface area contributed by atoms with Crippen LogP contribution in [0.25, 0.3) is 6.08 Å². The Morgan fingerprint density at radius 2 is 2.11 bits per heavy atom. The predicted molar refractivity (Wildman–Crippen MR) is 69.5 cm³/mol. The molecule has 98 valence electrons. The molecule has 1 aromatic rings. The molecule has 0 saturated carbocycles. The van der Waals surface area contributed by atoms with E-state index in [9.17, 15) is 13.2 Å². The van der Waals surface area contributed by atoms with Gasteiger partial charge in [0.1, 0.15) is 0 Å². The van der Waals surface area contributed by atoms with E-state index in [4.69, 9.17) is 5.11 Å². The summed E-state index contributed by atoms with van der Waals surface area (Å²) in [6.07, 6.45) is 3.59. The summed E-state index contributed by atoms with van der Waals surface area (Å²) in [6.45, 7) is 1.72. The second-order valence-electron chi connectivity index (χ2n) is 3.95. The van der Waals surface area contributed by atoms with E-state index in [0.29, 0.717) is 5.56 Å². The van der Waals surface area contributed by atoms with Gasteiger partial charge in [0.25, 0.3) is 0 Å². The first-order chi connectivity index (χ1) is 8.28. The highest BCUT2D eigenvalue weighted by atomic mass is 32.2. The van der Waals surface area contributed by atoms with Gasteiger partial charge in [-0.15, -0.1) is 0 Å². The number of hydrogen-bond acceptors (Lipinski definition) is 3. The van der Waals surface area contributed by atoms with Gasteiger partial charge in [-0.2, -0.15) is 0 Å². The Bertz CT molecular complexity index is 563. The fourth-order valence-electron chi connectivity index (χ4n) is 1.49. The van der Waals surface area contributed by atoms with Crippen molar-refractivity contribution in [3.8, 4) is 0 Å². The quantitative estimate of drug-likeness (QED) is 0.791. The highest BCUT2D eigenvalue weighted by Crippen LogP contribution is 2.15. The topological polar surface area (TPSA) is 83.5 Å². The number of carboxylic acids is 1. The van der Waals surface area contributed by atoms with Gasteiger partial charge in [0, 0.05) is 12.1 Å². The van der Waals surface area contributed by atoms with Gasteiger partial charge in [-0.3, -0.25) is 0 Å². The molecule has 1 unspecified atom stereocenters. The highest BCUT2D eigenvalue weighted by molar-refractivity contribution is 7.88. The standard InChI is InChI=1S/C12H15NO4S/c1-9(13-18(2,16)17)11-5-3-4-10(8-11)6-7-12(14)15/h3-9,13H,1-2H3,(H,14,15)/b7-6+. The molecule has 0 fully saturated rings. The molecule has 6 heteroatoms. The Balaban J connectivity index is 2.91. The summed E-state index contributed by atoms with van der Waals surface area (Å²) in [4.78, 5) is 10.4. The average Bonchev–Trinajstić information content (AvgIpc) is 2.24. The second kappa shape index (κ2) is 5.79. The molecule has 1 atom stereocenters. The van der Waals surface area contributed by atoms with Gasteiger partial charge in [-0.05, 0) is 24.1 Å². The van der Waals surface area contributed by atoms with Crippen LogP contribution in [-0.4, -0.2) is 25.7 Å². The summed E-state index contributed by atoms with van der Waals surface area (Å²) in [5, 5.41) is 8.53. The second-order valence-corrected chi connectivity index (χ2v) is 5.73. The lowest BCUT2D eigenvalue weighted by molar-refractivity contribution is -0.131. The Kier molecular flexibility index (Phi) is 4.63. The van der Waals surface area contributed by atoms with Gasteiger partial charge < -0.3 is 5.11 Å². The smallest absolute Gasteiger partial charge is 0.328 e. The maximum absolute atomic E-state index is 11.1. The molecule has 0 saturated heterocycles. The third kappa shape index (κ3) is 5.11. The Morgan fingerprint density at radius 3 is 2.67 bits per heavy atom. The highest BCUT2D eigenvalue weighted by Gasteiger charge is 2.10. The maximum Gasteiger partial charge on any atom is 0.328 e. The lowest BCUT2D eigenvalue weighted by atomic mass is 10.1. The van der Waals surface area contributed by atoms with E-state index in [1.165, 1.54) is 6.08 Å². The number of sulfonamides is 1. The fourth-order valence-corrected chi connectivity index (χ4v) is 2.27. The molecule has 0 heterocycles. The summed E-state index contributed by atoms with van der Waals surface area (Å²) in [5.74, 6) is -1.03. The van der Waals surface area contributed by atoms with Crippen LogP contribution in [0.4, 0.5) is 0 Å². The number of carbonyl (C=O) groups is 1. The van der Waals surface area contributed by atoms with Crippen molar-refractivity contribution in [1.29, 1.82) is 0 Å². The summed E-state index contributed by atoms with van der Waals surface area (Å²) < 4.78 is 24.7. The van der Waals surface area contributed by atoms with Gasteiger partial charge in [0.15, 0.2) is 0 Å². The largest absolute Gasteiger partial charge is 0.478 e. The zero-order valence-electron chi connectivity index (χ0n) is 10.1. The van der Waals surface area contributed by atoms with Crippen LogP contribution >= 0.6 is 0 Å². The Labute approximate surface area is 106 Å². The van der Waals surface area contributed by atoms with Crippen LogP contribution in [0.3, 0.4) is 0 Å². The first-order valence-electron chi connectivity index (χ1n) is 5.26. The lowest BCUT2D eigenvalue weighted by Gasteiger charge is -2.12. The molecule has 0 bridgehead atoms. The van der Waals surface area contributed by atoms with Crippen molar-refractivity contribution in [2.24, 2.45) is 0 Å². The first-order valence-corrected chi connectivity index (χ1v) is 7.15. The maximum atomic E-state index is 11.1. The van der Waals surface area contributed by atoms with Gasteiger partial charge in [0.05, 0.1) is 6.26 Å². The molecule has 0 radical (unpaired) electrons. The molecule has 0 amide bonds. The Morgan fingerprint density at radius 1 is 1.44 bits per heavy atom. The predicted octanol–water partition coefficient (Wildman–Crippen LogP) is 1.39. The van der Waals surface area contributed by atoms with Crippen LogP contribution in [0.15, 0.2) is 30.3 Å². The van der Waals surface area contributed by atoms with Crippen LogP contribution in [0.5, 0.6) is 0 Å². The number of nitrogens with one attached hydrogen (secondary N) is 1. The molecule has 1 rings (SSSR count). The summed E-state index contributed by atoms with van der Waals surface area (Å²) in [7, 11) is -3.27. The van der Waals surface area contributed by atoms with Crippen LogP contribution in [0, 0.1) is 0 Å². The monoisotopic (exact) mass is 269 g/mol. The summed E-state index contributed by atoms with van der Waals surface area (Å²) in [5.41, 5.74) is 1.48. The molecule has 1 aromatic carbocycles. The van der Waals surface area contributed by atoms with Crippen molar-refractivity contribution in [1.82, 2.24) is 4.72 Å². The molecule has 5 nitrogen and oxygen atoms in total. The molecular weight excluding hydrogens is 254 g/mol. The third-order valence-corrected chi connectivity index (χ3v) is 3.00. The fraction of sp³-hybridized carbons (Fsp3) is 0.250. The van der Waals surface area contributed by atoms with E-state index in [2.05, 4.69) is 4.72 Å². The minimum absolute atomic E-state index is 0.363. The number of hydrogen-bond donors (Lipinski definition) is 2. The summed E-state index contributed by atoms with van der Waals surface area (Å²) in [6, 6.07) is 6.65. The van der Waals surface area contributed by atoms with Crippen LogP contribution in [0.2, 0.25) is 0 Å². The molecule has 2 N–H and O–H groups in total. The molecule has 0 aliphatic rings. The minimum Gasteiger partial charge on any atom is -0.478 e. The van der Waals surface area contributed by atoms with E-state index in [1.807, 2.05) is 0 Å². The van der Waals surface area contributed by atoms with E-state index in [0.717, 1.165) is 17.9 Å².